The fourth-order valence-corrected chi connectivity index (χ4v) is 1.14. The Kier molecular flexibility index (Phi) is 3.97. The lowest BCUT2D eigenvalue weighted by Gasteiger charge is -2.08. The van der Waals surface area contributed by atoms with Crippen molar-refractivity contribution in [1.29, 1.82) is 0 Å². The highest BCUT2D eigenvalue weighted by Gasteiger charge is 2.00. The Labute approximate surface area is 89.4 Å². The molecule has 0 bridgehead atoms. The fraction of sp³-hybridized carbons (Fsp3) is 0.364. The molecule has 0 heterocycles. The first-order valence-corrected chi connectivity index (χ1v) is 4.82. The fourth-order valence-electron chi connectivity index (χ4n) is 1.14. The molecule has 4 heteroatoms. The molecule has 0 atom stereocenters. The predicted molar refractivity (Wildman–Crippen MR) is 59.4 cm³/mol. The lowest BCUT2D eigenvalue weighted by atomic mass is 10.0. The lowest BCUT2D eigenvalue weighted by Crippen LogP contribution is -2.20. The maximum atomic E-state index is 8.31. The standard InChI is InChI=1S/C11H16N2O2/c1-8(2)9-3-5-10(6-4-9)15-7-11(12)13-14/h3-6,8,14H,7H2,1-2H3,(H2,12,13). The number of amidine groups is 1. The molecule has 0 saturated heterocycles. The number of nitrogens with two attached hydrogens (primary N) is 1. The molecule has 1 aromatic carbocycles. The molecule has 0 saturated carbocycles. The van der Waals surface area contributed by atoms with Crippen LogP contribution in [0.1, 0.15) is 25.3 Å². The molecule has 1 aromatic rings. The Hall–Kier alpha value is -1.71. The van der Waals surface area contributed by atoms with E-state index in [9.17, 15) is 0 Å². The average Bonchev–Trinajstić information content (AvgIpc) is 2.26. The summed E-state index contributed by atoms with van der Waals surface area (Å²) in [5.74, 6) is 1.28. The van der Waals surface area contributed by atoms with Crippen molar-refractivity contribution in [2.75, 3.05) is 6.61 Å². The number of benzene rings is 1. The zero-order valence-electron chi connectivity index (χ0n) is 8.97. The van der Waals surface area contributed by atoms with Gasteiger partial charge in [0.1, 0.15) is 12.4 Å². The van der Waals surface area contributed by atoms with Crippen molar-refractivity contribution in [2.24, 2.45) is 10.9 Å². The topological polar surface area (TPSA) is 67.8 Å². The summed E-state index contributed by atoms with van der Waals surface area (Å²) in [4.78, 5) is 0. The van der Waals surface area contributed by atoms with Gasteiger partial charge in [0.25, 0.3) is 0 Å². The van der Waals surface area contributed by atoms with E-state index in [1.54, 1.807) is 0 Å². The van der Waals surface area contributed by atoms with Crippen molar-refractivity contribution in [3.8, 4) is 5.75 Å². The minimum atomic E-state index is 0.0583. The highest BCUT2D eigenvalue weighted by Crippen LogP contribution is 2.18. The van der Waals surface area contributed by atoms with Gasteiger partial charge in [-0.15, -0.1) is 0 Å². The second-order valence-corrected chi connectivity index (χ2v) is 3.60. The van der Waals surface area contributed by atoms with Gasteiger partial charge < -0.3 is 15.7 Å². The normalized spacial score (nSPS) is 11.8. The minimum Gasteiger partial charge on any atom is -0.486 e. The van der Waals surface area contributed by atoms with Gasteiger partial charge in [-0.25, -0.2) is 0 Å². The summed E-state index contributed by atoms with van der Waals surface area (Å²) < 4.78 is 5.28. The van der Waals surface area contributed by atoms with Crippen LogP contribution in [0.3, 0.4) is 0 Å². The first-order valence-electron chi connectivity index (χ1n) is 4.82. The van der Waals surface area contributed by atoms with Gasteiger partial charge in [-0.1, -0.05) is 31.1 Å². The van der Waals surface area contributed by atoms with Crippen molar-refractivity contribution in [2.45, 2.75) is 19.8 Å². The quantitative estimate of drug-likeness (QED) is 0.344. The van der Waals surface area contributed by atoms with Crippen LogP contribution in [0, 0.1) is 0 Å². The lowest BCUT2D eigenvalue weighted by molar-refractivity contribution is 0.306. The van der Waals surface area contributed by atoms with Crippen LogP contribution in [-0.4, -0.2) is 17.6 Å². The van der Waals surface area contributed by atoms with Crippen LogP contribution in [0.25, 0.3) is 0 Å². The Bertz CT molecular complexity index is 331. The number of ether oxygens (including phenoxy) is 1. The van der Waals surface area contributed by atoms with Crippen LogP contribution in [0.4, 0.5) is 0 Å². The van der Waals surface area contributed by atoms with Crippen molar-refractivity contribution < 1.29 is 9.94 Å². The molecular weight excluding hydrogens is 192 g/mol. The molecule has 3 N–H and O–H groups in total. The van der Waals surface area contributed by atoms with Crippen LogP contribution in [0.5, 0.6) is 5.75 Å². The van der Waals surface area contributed by atoms with Crippen LogP contribution < -0.4 is 10.5 Å². The van der Waals surface area contributed by atoms with E-state index in [1.165, 1.54) is 5.56 Å². The van der Waals surface area contributed by atoms with E-state index in [0.29, 0.717) is 11.7 Å². The highest BCUT2D eigenvalue weighted by atomic mass is 16.5. The van der Waals surface area contributed by atoms with Gasteiger partial charge in [0, 0.05) is 0 Å². The minimum absolute atomic E-state index is 0.0583. The maximum Gasteiger partial charge on any atom is 0.177 e. The SMILES string of the molecule is CC(C)c1ccc(OC/C(N)=N/O)cc1. The Morgan fingerprint density at radius 3 is 2.47 bits per heavy atom. The number of rotatable bonds is 4. The van der Waals surface area contributed by atoms with Crippen molar-refractivity contribution in [3.63, 3.8) is 0 Å². The molecule has 0 fully saturated rings. The van der Waals surface area contributed by atoms with Crippen molar-refractivity contribution >= 4 is 5.84 Å². The molecule has 0 radical (unpaired) electrons. The van der Waals surface area contributed by atoms with Gasteiger partial charge in [-0.3, -0.25) is 0 Å². The van der Waals surface area contributed by atoms with E-state index in [4.69, 9.17) is 15.7 Å². The Morgan fingerprint density at radius 1 is 1.40 bits per heavy atom. The Morgan fingerprint density at radius 2 is 2.00 bits per heavy atom. The summed E-state index contributed by atoms with van der Waals surface area (Å²) in [7, 11) is 0. The number of nitrogens with zero attached hydrogens (tertiary/aromatic N) is 1. The average molecular weight is 208 g/mol. The molecule has 82 valence electrons. The van der Waals surface area contributed by atoms with Gasteiger partial charge >= 0.3 is 0 Å². The molecule has 4 nitrogen and oxygen atoms in total. The molecule has 0 aliphatic carbocycles. The molecule has 1 rings (SSSR count). The summed E-state index contributed by atoms with van der Waals surface area (Å²) in [5, 5.41) is 11.1. The third-order valence-corrected chi connectivity index (χ3v) is 2.06. The third kappa shape index (κ3) is 3.50. The van der Waals surface area contributed by atoms with Gasteiger partial charge in [0.15, 0.2) is 5.84 Å². The van der Waals surface area contributed by atoms with Gasteiger partial charge in [0.2, 0.25) is 0 Å². The van der Waals surface area contributed by atoms with Gasteiger partial charge in [-0.05, 0) is 23.6 Å². The van der Waals surface area contributed by atoms with Crippen LogP contribution in [0.15, 0.2) is 29.4 Å². The second-order valence-electron chi connectivity index (χ2n) is 3.60. The summed E-state index contributed by atoms with van der Waals surface area (Å²) in [5.41, 5.74) is 6.53. The molecule has 0 aliphatic rings. The Balaban J connectivity index is 2.57. The predicted octanol–water partition coefficient (Wildman–Crippen LogP) is 1.94. The van der Waals surface area contributed by atoms with Crippen LogP contribution >= 0.6 is 0 Å². The summed E-state index contributed by atoms with van der Waals surface area (Å²) >= 11 is 0. The van der Waals surface area contributed by atoms with Gasteiger partial charge in [0.05, 0.1) is 0 Å². The number of oxime groups is 1. The van der Waals surface area contributed by atoms with E-state index >= 15 is 0 Å². The zero-order chi connectivity index (χ0) is 11.3. The maximum absolute atomic E-state index is 8.31. The van der Waals surface area contributed by atoms with Crippen molar-refractivity contribution in [1.82, 2.24) is 0 Å². The van der Waals surface area contributed by atoms with E-state index < -0.39 is 0 Å². The van der Waals surface area contributed by atoms with E-state index in [1.807, 2.05) is 24.3 Å². The smallest absolute Gasteiger partial charge is 0.177 e. The molecule has 0 amide bonds. The molecule has 15 heavy (non-hydrogen) atoms. The molecule has 0 aliphatic heterocycles. The first kappa shape index (κ1) is 11.4. The number of hydrogen-bond acceptors (Lipinski definition) is 3. The monoisotopic (exact) mass is 208 g/mol. The third-order valence-electron chi connectivity index (χ3n) is 2.06. The van der Waals surface area contributed by atoms with Crippen LogP contribution in [-0.2, 0) is 0 Å². The van der Waals surface area contributed by atoms with E-state index in [-0.39, 0.29) is 12.4 Å². The summed E-state index contributed by atoms with van der Waals surface area (Å²) in [6, 6.07) is 7.76. The molecule has 0 spiro atoms. The van der Waals surface area contributed by atoms with Gasteiger partial charge in [-0.2, -0.15) is 0 Å². The first-order chi connectivity index (χ1) is 7.13. The molecule has 0 aromatic heterocycles. The molecular formula is C11H16N2O2. The van der Waals surface area contributed by atoms with E-state index in [2.05, 4.69) is 19.0 Å². The second kappa shape index (κ2) is 5.24. The highest BCUT2D eigenvalue weighted by molar-refractivity contribution is 5.81. The largest absolute Gasteiger partial charge is 0.486 e. The number of hydrogen-bond donors (Lipinski definition) is 2. The molecule has 0 unspecified atom stereocenters. The summed E-state index contributed by atoms with van der Waals surface area (Å²) in [6.45, 7) is 4.36. The zero-order valence-corrected chi connectivity index (χ0v) is 8.97. The van der Waals surface area contributed by atoms with Crippen LogP contribution in [0.2, 0.25) is 0 Å². The van der Waals surface area contributed by atoms with E-state index in [0.717, 1.165) is 0 Å². The summed E-state index contributed by atoms with van der Waals surface area (Å²) in [6.07, 6.45) is 0. The van der Waals surface area contributed by atoms with Crippen molar-refractivity contribution in [3.05, 3.63) is 29.8 Å².